The number of nitrogens with one attached hydrogen (secondary N) is 1. The van der Waals surface area contributed by atoms with Crippen molar-refractivity contribution < 1.29 is 14.3 Å². The van der Waals surface area contributed by atoms with Crippen LogP contribution in [0, 0.1) is 0 Å². The number of benzene rings is 1. The highest BCUT2D eigenvalue weighted by Crippen LogP contribution is 2.22. The van der Waals surface area contributed by atoms with Crippen LogP contribution in [0.5, 0.6) is 5.75 Å². The number of amides is 2. The standard InChI is InChI=1S/C14H14N2O3S/c15-13(18)11-7-9-20-14(11)16-12(17)6-8-19-10-4-2-1-3-5-10/h1-5,7,9H,6,8H2,(H2,15,18)(H,16,17). The molecular formula is C14H14N2O3S. The van der Waals surface area contributed by atoms with E-state index < -0.39 is 5.91 Å². The molecule has 0 aliphatic carbocycles. The number of primary amides is 1. The van der Waals surface area contributed by atoms with E-state index in [1.807, 2.05) is 30.3 Å². The summed E-state index contributed by atoms with van der Waals surface area (Å²) in [4.78, 5) is 22.9. The molecular weight excluding hydrogens is 276 g/mol. The minimum Gasteiger partial charge on any atom is -0.493 e. The summed E-state index contributed by atoms with van der Waals surface area (Å²) in [5.41, 5.74) is 5.53. The Labute approximate surface area is 120 Å². The summed E-state index contributed by atoms with van der Waals surface area (Å²) in [5, 5.41) is 4.84. The summed E-state index contributed by atoms with van der Waals surface area (Å²) in [7, 11) is 0. The molecule has 0 saturated heterocycles. The van der Waals surface area contributed by atoms with Crippen molar-refractivity contribution in [3.05, 3.63) is 47.3 Å². The lowest BCUT2D eigenvalue weighted by Gasteiger charge is -2.06. The molecule has 20 heavy (non-hydrogen) atoms. The molecule has 3 N–H and O–H groups in total. The molecule has 5 nitrogen and oxygen atoms in total. The van der Waals surface area contributed by atoms with Crippen molar-refractivity contribution in [1.82, 2.24) is 0 Å². The second-order valence-electron chi connectivity index (χ2n) is 3.99. The van der Waals surface area contributed by atoms with E-state index in [9.17, 15) is 9.59 Å². The molecule has 0 unspecified atom stereocenters. The first-order valence-corrected chi connectivity index (χ1v) is 6.90. The summed E-state index contributed by atoms with van der Waals surface area (Å²) in [5.74, 6) is -0.0535. The van der Waals surface area contributed by atoms with Gasteiger partial charge in [-0.05, 0) is 23.6 Å². The van der Waals surface area contributed by atoms with Crippen molar-refractivity contribution >= 4 is 28.2 Å². The van der Waals surface area contributed by atoms with Gasteiger partial charge in [-0.2, -0.15) is 0 Å². The van der Waals surface area contributed by atoms with E-state index in [2.05, 4.69) is 5.32 Å². The Bertz CT molecular complexity index is 595. The van der Waals surface area contributed by atoms with Gasteiger partial charge in [-0.25, -0.2) is 0 Å². The van der Waals surface area contributed by atoms with E-state index in [4.69, 9.17) is 10.5 Å². The molecule has 2 aromatic rings. The van der Waals surface area contributed by atoms with Crippen molar-refractivity contribution in [2.45, 2.75) is 6.42 Å². The lowest BCUT2D eigenvalue weighted by Crippen LogP contribution is -2.18. The maximum absolute atomic E-state index is 11.7. The number of para-hydroxylation sites is 1. The fourth-order valence-corrected chi connectivity index (χ4v) is 2.38. The number of hydrogen-bond donors (Lipinski definition) is 2. The van der Waals surface area contributed by atoms with Crippen molar-refractivity contribution in [3.63, 3.8) is 0 Å². The average molecular weight is 290 g/mol. The molecule has 2 amide bonds. The Morgan fingerprint density at radius 1 is 1.20 bits per heavy atom. The smallest absolute Gasteiger partial charge is 0.251 e. The van der Waals surface area contributed by atoms with Gasteiger partial charge in [0, 0.05) is 0 Å². The molecule has 0 aliphatic rings. The van der Waals surface area contributed by atoms with Crippen LogP contribution in [0.15, 0.2) is 41.8 Å². The maximum Gasteiger partial charge on any atom is 0.251 e. The molecule has 0 bridgehead atoms. The van der Waals surface area contributed by atoms with Crippen LogP contribution < -0.4 is 15.8 Å². The van der Waals surface area contributed by atoms with Crippen molar-refractivity contribution in [2.24, 2.45) is 5.73 Å². The van der Waals surface area contributed by atoms with Gasteiger partial charge in [0.25, 0.3) is 5.91 Å². The summed E-state index contributed by atoms with van der Waals surface area (Å²) in [6, 6.07) is 10.8. The van der Waals surface area contributed by atoms with Crippen LogP contribution in [-0.4, -0.2) is 18.4 Å². The first-order chi connectivity index (χ1) is 9.66. The van der Waals surface area contributed by atoms with Gasteiger partial charge >= 0.3 is 0 Å². The molecule has 0 saturated carbocycles. The predicted octanol–water partition coefficient (Wildman–Crippen LogP) is 2.25. The molecule has 0 radical (unpaired) electrons. The number of thiophene rings is 1. The first kappa shape index (κ1) is 14.1. The summed E-state index contributed by atoms with van der Waals surface area (Å²) in [6.07, 6.45) is 0.199. The predicted molar refractivity (Wildman–Crippen MR) is 78.0 cm³/mol. The molecule has 6 heteroatoms. The quantitative estimate of drug-likeness (QED) is 0.856. The molecule has 2 rings (SSSR count). The van der Waals surface area contributed by atoms with E-state index >= 15 is 0 Å². The number of carbonyl (C=O) groups excluding carboxylic acids is 2. The Kier molecular flexibility index (Phi) is 4.73. The minimum absolute atomic E-state index is 0.199. The lowest BCUT2D eigenvalue weighted by atomic mass is 10.3. The van der Waals surface area contributed by atoms with Crippen LogP contribution in [0.1, 0.15) is 16.8 Å². The number of nitrogens with two attached hydrogens (primary N) is 1. The molecule has 1 heterocycles. The van der Waals surface area contributed by atoms with Crippen LogP contribution >= 0.6 is 11.3 Å². The van der Waals surface area contributed by atoms with Crippen LogP contribution in [0.3, 0.4) is 0 Å². The van der Waals surface area contributed by atoms with E-state index in [1.165, 1.54) is 11.3 Å². The second kappa shape index (κ2) is 6.72. The number of hydrogen-bond acceptors (Lipinski definition) is 4. The molecule has 0 atom stereocenters. The van der Waals surface area contributed by atoms with Crippen LogP contribution in [-0.2, 0) is 4.79 Å². The fraction of sp³-hybridized carbons (Fsp3) is 0.143. The highest BCUT2D eigenvalue weighted by molar-refractivity contribution is 7.14. The van der Waals surface area contributed by atoms with E-state index in [0.29, 0.717) is 16.3 Å². The molecule has 1 aromatic carbocycles. The fourth-order valence-electron chi connectivity index (χ4n) is 1.57. The first-order valence-electron chi connectivity index (χ1n) is 6.02. The maximum atomic E-state index is 11.7. The zero-order valence-electron chi connectivity index (χ0n) is 10.7. The molecule has 104 valence electrons. The van der Waals surface area contributed by atoms with Gasteiger partial charge in [-0.15, -0.1) is 11.3 Å². The number of ether oxygens (including phenoxy) is 1. The topological polar surface area (TPSA) is 81.4 Å². The second-order valence-corrected chi connectivity index (χ2v) is 4.90. The van der Waals surface area contributed by atoms with E-state index in [-0.39, 0.29) is 18.9 Å². The van der Waals surface area contributed by atoms with Gasteiger partial charge in [0.2, 0.25) is 5.91 Å². The number of anilines is 1. The van der Waals surface area contributed by atoms with Crippen molar-refractivity contribution in [1.29, 1.82) is 0 Å². The molecule has 0 fully saturated rings. The zero-order valence-corrected chi connectivity index (χ0v) is 11.5. The van der Waals surface area contributed by atoms with Gasteiger partial charge in [0.15, 0.2) is 0 Å². The van der Waals surface area contributed by atoms with E-state index in [0.717, 1.165) is 0 Å². The Balaban J connectivity index is 1.81. The Morgan fingerprint density at radius 2 is 1.95 bits per heavy atom. The summed E-state index contributed by atoms with van der Waals surface area (Å²) >= 11 is 1.26. The molecule has 1 aromatic heterocycles. The summed E-state index contributed by atoms with van der Waals surface area (Å²) < 4.78 is 5.42. The van der Waals surface area contributed by atoms with Crippen molar-refractivity contribution in [3.8, 4) is 5.75 Å². The third kappa shape index (κ3) is 3.83. The Hall–Kier alpha value is -2.34. The third-order valence-electron chi connectivity index (χ3n) is 2.52. The molecule has 0 spiro atoms. The van der Waals surface area contributed by atoms with E-state index in [1.54, 1.807) is 11.4 Å². The van der Waals surface area contributed by atoms with Gasteiger partial charge < -0.3 is 15.8 Å². The highest BCUT2D eigenvalue weighted by Gasteiger charge is 2.12. The van der Waals surface area contributed by atoms with Gasteiger partial charge in [0.1, 0.15) is 10.8 Å². The lowest BCUT2D eigenvalue weighted by molar-refractivity contribution is -0.116. The normalized spacial score (nSPS) is 10.0. The zero-order chi connectivity index (χ0) is 14.4. The summed E-state index contributed by atoms with van der Waals surface area (Å²) in [6.45, 7) is 0.271. The van der Waals surface area contributed by atoms with Crippen LogP contribution in [0.25, 0.3) is 0 Å². The number of carbonyl (C=O) groups is 2. The monoisotopic (exact) mass is 290 g/mol. The van der Waals surface area contributed by atoms with Crippen LogP contribution in [0.4, 0.5) is 5.00 Å². The SMILES string of the molecule is NC(=O)c1ccsc1NC(=O)CCOc1ccccc1. The Morgan fingerprint density at radius 3 is 2.65 bits per heavy atom. The average Bonchev–Trinajstić information content (AvgIpc) is 2.88. The van der Waals surface area contributed by atoms with Gasteiger partial charge in [0.05, 0.1) is 18.6 Å². The highest BCUT2D eigenvalue weighted by atomic mass is 32.1. The minimum atomic E-state index is -0.554. The van der Waals surface area contributed by atoms with Crippen LogP contribution in [0.2, 0.25) is 0 Å². The number of rotatable bonds is 6. The van der Waals surface area contributed by atoms with Gasteiger partial charge in [-0.3, -0.25) is 9.59 Å². The third-order valence-corrected chi connectivity index (χ3v) is 3.35. The molecule has 0 aliphatic heterocycles. The van der Waals surface area contributed by atoms with Gasteiger partial charge in [-0.1, -0.05) is 18.2 Å². The largest absolute Gasteiger partial charge is 0.493 e. The van der Waals surface area contributed by atoms with Crippen molar-refractivity contribution in [2.75, 3.05) is 11.9 Å².